The molecule has 0 radical (unpaired) electrons. The molecule has 2 aliphatic heterocycles. The molecule has 1 aliphatic carbocycles. The van der Waals surface area contributed by atoms with Crippen molar-refractivity contribution < 1.29 is 31.9 Å². The van der Waals surface area contributed by atoms with E-state index < -0.39 is 37.7 Å². The largest absolute Gasteiger partial charge is 0.465 e. The van der Waals surface area contributed by atoms with E-state index >= 15 is 0 Å². The summed E-state index contributed by atoms with van der Waals surface area (Å²) in [6.45, 7) is 1.64. The molecule has 8 nitrogen and oxygen atoms in total. The minimum atomic E-state index is -3.81. The Bertz CT molecular complexity index is 979. The van der Waals surface area contributed by atoms with Gasteiger partial charge in [0.05, 0.1) is 16.6 Å². The van der Waals surface area contributed by atoms with Gasteiger partial charge in [-0.25, -0.2) is 22.0 Å². The van der Waals surface area contributed by atoms with Crippen LogP contribution in [0.3, 0.4) is 0 Å². The fraction of sp³-hybridized carbons (Fsp3) is 0.600. The molecule has 0 atom stereocenters. The lowest BCUT2D eigenvalue weighted by Gasteiger charge is -2.31. The van der Waals surface area contributed by atoms with Gasteiger partial charge in [-0.05, 0) is 18.9 Å². The highest BCUT2D eigenvalue weighted by Crippen LogP contribution is 2.36. The first-order valence-corrected chi connectivity index (χ1v) is 12.0. The van der Waals surface area contributed by atoms with Gasteiger partial charge in [0.1, 0.15) is 22.6 Å². The number of rotatable bonds is 5. The zero-order valence-electron chi connectivity index (χ0n) is 17.0. The van der Waals surface area contributed by atoms with Gasteiger partial charge in [-0.3, -0.25) is 0 Å². The molecule has 1 amide bonds. The number of piperidine rings is 2. The van der Waals surface area contributed by atoms with Crippen LogP contribution >= 0.6 is 0 Å². The van der Waals surface area contributed by atoms with Crippen LogP contribution in [0.5, 0.6) is 0 Å². The third-order valence-electron chi connectivity index (χ3n) is 6.00. The molecule has 1 aromatic carbocycles. The molecule has 1 saturated carbocycles. The van der Waals surface area contributed by atoms with Crippen molar-refractivity contribution in [1.82, 2.24) is 4.90 Å². The number of likely N-dealkylation sites (tertiary alicyclic amines) is 1. The molecule has 0 unspecified atom stereocenters. The molecule has 31 heavy (non-hydrogen) atoms. The molecule has 170 valence electrons. The summed E-state index contributed by atoms with van der Waals surface area (Å²) < 4.78 is 53.7. The van der Waals surface area contributed by atoms with E-state index in [-0.39, 0.29) is 11.8 Å². The first kappa shape index (κ1) is 21.8. The highest BCUT2D eigenvalue weighted by molar-refractivity contribution is 7.92. The van der Waals surface area contributed by atoms with Gasteiger partial charge in [0.25, 0.3) is 0 Å². The Morgan fingerprint density at radius 3 is 2.26 bits per heavy atom. The molecule has 0 bridgehead atoms. The maximum absolute atomic E-state index is 14.6. The number of oxime groups is 1. The third-order valence-corrected chi connectivity index (χ3v) is 8.27. The lowest BCUT2D eigenvalue weighted by molar-refractivity contribution is 0.0127. The Kier molecular flexibility index (Phi) is 6.05. The zero-order chi connectivity index (χ0) is 22.2. The maximum Gasteiger partial charge on any atom is 0.407 e. The number of sulfone groups is 1. The van der Waals surface area contributed by atoms with Crippen LogP contribution < -0.4 is 4.90 Å². The van der Waals surface area contributed by atoms with Crippen molar-refractivity contribution >= 4 is 27.3 Å². The first-order chi connectivity index (χ1) is 14.8. The Hall–Kier alpha value is -2.43. The number of amides is 1. The number of carboxylic acid groups (broad SMARTS) is 1. The molecule has 1 aromatic rings. The number of benzene rings is 1. The second-order valence-electron chi connectivity index (χ2n) is 8.20. The molecular formula is C20H25F2N3O5S. The topological polar surface area (TPSA) is 99.5 Å². The molecule has 3 aliphatic rings. The summed E-state index contributed by atoms with van der Waals surface area (Å²) in [5, 5.41) is 12.6. The van der Waals surface area contributed by atoms with Crippen molar-refractivity contribution in [3.63, 3.8) is 0 Å². The maximum atomic E-state index is 14.6. The number of hydrogen-bond acceptors (Lipinski definition) is 6. The Labute approximate surface area is 179 Å². The SMILES string of the molecule is O=C(O)N1CCC(ON=C2CCN(c3cc(F)c(S(=O)(=O)C4CC4)cc3F)CC2)CC1. The zero-order valence-corrected chi connectivity index (χ0v) is 17.8. The minimum absolute atomic E-state index is 0.0493. The molecule has 3 fully saturated rings. The second-order valence-corrected chi connectivity index (χ2v) is 10.4. The fourth-order valence-corrected chi connectivity index (χ4v) is 5.65. The Morgan fingerprint density at radius 1 is 1.03 bits per heavy atom. The van der Waals surface area contributed by atoms with Crippen molar-refractivity contribution in [1.29, 1.82) is 0 Å². The first-order valence-electron chi connectivity index (χ1n) is 10.4. The van der Waals surface area contributed by atoms with Crippen LogP contribution in [-0.2, 0) is 14.7 Å². The van der Waals surface area contributed by atoms with Crippen molar-refractivity contribution in [3.8, 4) is 0 Å². The van der Waals surface area contributed by atoms with Gasteiger partial charge in [-0.1, -0.05) is 5.16 Å². The normalized spacial score (nSPS) is 20.6. The van der Waals surface area contributed by atoms with Gasteiger partial charge in [-0.2, -0.15) is 0 Å². The van der Waals surface area contributed by atoms with Crippen LogP contribution in [-0.4, -0.2) is 67.8 Å². The average molecular weight is 457 g/mol. The van der Waals surface area contributed by atoms with E-state index in [4.69, 9.17) is 9.94 Å². The van der Waals surface area contributed by atoms with Gasteiger partial charge in [0.15, 0.2) is 9.84 Å². The van der Waals surface area contributed by atoms with Gasteiger partial charge < -0.3 is 19.7 Å². The smallest absolute Gasteiger partial charge is 0.407 e. The second kappa shape index (κ2) is 8.60. The average Bonchev–Trinajstić information content (AvgIpc) is 3.60. The van der Waals surface area contributed by atoms with Crippen molar-refractivity contribution in [3.05, 3.63) is 23.8 Å². The Balaban J connectivity index is 1.34. The molecule has 0 spiro atoms. The van der Waals surface area contributed by atoms with Gasteiger partial charge in [0.2, 0.25) is 0 Å². The van der Waals surface area contributed by atoms with Crippen LogP contribution in [0.1, 0.15) is 38.5 Å². The summed E-state index contributed by atoms with van der Waals surface area (Å²) in [7, 11) is -3.81. The summed E-state index contributed by atoms with van der Waals surface area (Å²) in [4.78, 5) is 19.0. The number of nitrogens with zero attached hydrogens (tertiary/aromatic N) is 3. The quantitative estimate of drug-likeness (QED) is 0.683. The van der Waals surface area contributed by atoms with E-state index in [9.17, 15) is 22.0 Å². The summed E-state index contributed by atoms with van der Waals surface area (Å²) in [6.07, 6.45) is 2.09. The summed E-state index contributed by atoms with van der Waals surface area (Å²) in [5.41, 5.74) is 0.860. The summed E-state index contributed by atoms with van der Waals surface area (Å²) >= 11 is 0. The van der Waals surface area contributed by atoms with Crippen LogP contribution in [0, 0.1) is 11.6 Å². The molecule has 2 heterocycles. The van der Waals surface area contributed by atoms with Crippen molar-refractivity contribution in [2.45, 2.75) is 54.8 Å². The fourth-order valence-electron chi connectivity index (χ4n) is 3.93. The van der Waals surface area contributed by atoms with E-state index in [2.05, 4.69) is 5.16 Å². The van der Waals surface area contributed by atoms with Gasteiger partial charge >= 0.3 is 6.09 Å². The molecular weight excluding hydrogens is 432 g/mol. The van der Waals surface area contributed by atoms with Gasteiger partial charge in [0, 0.05) is 57.9 Å². The van der Waals surface area contributed by atoms with Crippen LogP contribution in [0.2, 0.25) is 0 Å². The molecule has 0 aromatic heterocycles. The summed E-state index contributed by atoms with van der Waals surface area (Å²) in [6, 6.07) is 1.77. The van der Waals surface area contributed by atoms with Crippen LogP contribution in [0.4, 0.5) is 19.3 Å². The minimum Gasteiger partial charge on any atom is -0.465 e. The van der Waals surface area contributed by atoms with Crippen molar-refractivity contribution in [2.24, 2.45) is 5.16 Å². The number of halogens is 2. The van der Waals surface area contributed by atoms with E-state index in [0.29, 0.717) is 64.7 Å². The predicted octanol–water partition coefficient (Wildman–Crippen LogP) is 3.02. The van der Waals surface area contributed by atoms with E-state index in [1.807, 2.05) is 0 Å². The predicted molar refractivity (Wildman–Crippen MR) is 109 cm³/mol. The van der Waals surface area contributed by atoms with E-state index in [0.717, 1.165) is 17.8 Å². The molecule has 4 rings (SSSR count). The number of hydrogen-bond donors (Lipinski definition) is 1. The highest BCUT2D eigenvalue weighted by atomic mass is 32.2. The highest BCUT2D eigenvalue weighted by Gasteiger charge is 2.39. The molecule has 2 saturated heterocycles. The number of carbonyl (C=O) groups is 1. The molecule has 1 N–H and O–H groups in total. The molecule has 11 heteroatoms. The third kappa shape index (κ3) is 4.76. The van der Waals surface area contributed by atoms with E-state index in [1.165, 1.54) is 4.90 Å². The standard InChI is InChI=1S/C20H25F2N3O5S/c21-16-12-19(31(28,29)15-1-2-15)17(22)11-18(16)24-7-3-13(4-8-24)23-30-14-5-9-25(10-6-14)20(26)27/h11-12,14-15H,1-10H2,(H,26,27). The summed E-state index contributed by atoms with van der Waals surface area (Å²) in [5.74, 6) is -1.67. The Morgan fingerprint density at radius 2 is 1.68 bits per heavy atom. The monoisotopic (exact) mass is 457 g/mol. The lowest BCUT2D eigenvalue weighted by atomic mass is 10.1. The van der Waals surface area contributed by atoms with Crippen molar-refractivity contribution in [2.75, 3.05) is 31.1 Å². The van der Waals surface area contributed by atoms with E-state index in [1.54, 1.807) is 4.90 Å². The van der Waals surface area contributed by atoms with Crippen LogP contribution in [0.15, 0.2) is 22.2 Å². The number of anilines is 1. The van der Waals surface area contributed by atoms with Crippen LogP contribution in [0.25, 0.3) is 0 Å². The van der Waals surface area contributed by atoms with Gasteiger partial charge in [-0.15, -0.1) is 0 Å². The lowest BCUT2D eigenvalue weighted by Crippen LogP contribution is -2.40.